The zero-order valence-electron chi connectivity index (χ0n) is 15.9. The molecule has 5 heteroatoms. The average molecular weight is 367 g/mol. The molecule has 3 rings (SSSR count). The Labute approximate surface area is 161 Å². The van der Waals surface area contributed by atoms with Gasteiger partial charge in [0.1, 0.15) is 5.75 Å². The number of para-hydroxylation sites is 1. The van der Waals surface area contributed by atoms with Crippen molar-refractivity contribution >= 4 is 5.91 Å². The molecule has 1 aliphatic carbocycles. The molecule has 1 atom stereocenters. The van der Waals surface area contributed by atoms with Gasteiger partial charge in [-0.05, 0) is 75.3 Å². The van der Waals surface area contributed by atoms with Crippen LogP contribution in [0.4, 0.5) is 0 Å². The summed E-state index contributed by atoms with van der Waals surface area (Å²) in [6.45, 7) is 3.19. The number of carbonyl (C=O) groups excluding carboxylic acids is 1. The molecule has 1 fully saturated rings. The first-order chi connectivity index (χ1) is 13.2. The first-order valence-electron chi connectivity index (χ1n) is 9.86. The Balaban J connectivity index is 1.81. The molecule has 1 aliphatic rings. The number of carbonyl (C=O) groups is 1. The minimum atomic E-state index is -0.115. The summed E-state index contributed by atoms with van der Waals surface area (Å²) in [5.74, 6) is 1.46. The highest BCUT2D eigenvalue weighted by atomic mass is 16.5. The van der Waals surface area contributed by atoms with Crippen LogP contribution in [0.5, 0.6) is 5.75 Å². The molecule has 144 valence electrons. The molecule has 1 saturated carbocycles. The van der Waals surface area contributed by atoms with Crippen LogP contribution in [0.25, 0.3) is 0 Å². The van der Waals surface area contributed by atoms with E-state index in [0.29, 0.717) is 29.8 Å². The molecule has 0 aliphatic heterocycles. The van der Waals surface area contributed by atoms with Crippen molar-refractivity contribution in [2.24, 2.45) is 17.6 Å². The molecule has 1 aromatic carbocycles. The van der Waals surface area contributed by atoms with E-state index in [1.165, 1.54) is 0 Å². The predicted molar refractivity (Wildman–Crippen MR) is 107 cm³/mol. The molecule has 27 heavy (non-hydrogen) atoms. The monoisotopic (exact) mass is 367 g/mol. The highest BCUT2D eigenvalue weighted by Gasteiger charge is 2.30. The predicted octanol–water partition coefficient (Wildman–Crippen LogP) is 3.72. The molecule has 0 radical (unpaired) electrons. The highest BCUT2D eigenvalue weighted by Crippen LogP contribution is 2.36. The molecule has 1 amide bonds. The summed E-state index contributed by atoms with van der Waals surface area (Å²) in [5.41, 5.74) is 7.32. The van der Waals surface area contributed by atoms with Crippen LogP contribution >= 0.6 is 0 Å². The molecule has 0 spiro atoms. The number of rotatable bonds is 7. The van der Waals surface area contributed by atoms with Crippen LogP contribution in [0.15, 0.2) is 48.7 Å². The number of nitrogens with one attached hydrogen (secondary N) is 1. The maximum absolute atomic E-state index is 13.0. The quantitative estimate of drug-likeness (QED) is 0.782. The number of amides is 1. The second-order valence-electron chi connectivity index (χ2n) is 7.15. The first kappa shape index (κ1) is 19.4. The van der Waals surface area contributed by atoms with Crippen LogP contribution in [0.3, 0.4) is 0 Å². The Morgan fingerprint density at radius 2 is 1.93 bits per heavy atom. The lowest BCUT2D eigenvalue weighted by Crippen LogP contribution is -2.36. The summed E-state index contributed by atoms with van der Waals surface area (Å²) in [6, 6.07) is 13.1. The molecule has 0 bridgehead atoms. The van der Waals surface area contributed by atoms with Crippen LogP contribution in [-0.4, -0.2) is 24.0 Å². The fraction of sp³-hybridized carbons (Fsp3) is 0.455. The van der Waals surface area contributed by atoms with Gasteiger partial charge >= 0.3 is 0 Å². The SMILES string of the molecule is CCOc1ccccc1C(=O)N[C@H](c1ccccn1)C1CCC(CN)CC1. The van der Waals surface area contributed by atoms with E-state index in [4.69, 9.17) is 10.5 Å². The number of ether oxygens (including phenoxy) is 1. The second kappa shape index (κ2) is 9.51. The van der Waals surface area contributed by atoms with Gasteiger partial charge in [-0.2, -0.15) is 0 Å². The third kappa shape index (κ3) is 4.86. The lowest BCUT2D eigenvalue weighted by Gasteiger charge is -2.33. The zero-order valence-corrected chi connectivity index (χ0v) is 15.9. The van der Waals surface area contributed by atoms with Crippen LogP contribution in [-0.2, 0) is 0 Å². The van der Waals surface area contributed by atoms with Gasteiger partial charge in [0.25, 0.3) is 5.91 Å². The number of nitrogens with two attached hydrogens (primary N) is 1. The van der Waals surface area contributed by atoms with Crippen LogP contribution in [0.1, 0.15) is 54.7 Å². The van der Waals surface area contributed by atoms with Gasteiger partial charge in [0, 0.05) is 6.20 Å². The molecule has 3 N–H and O–H groups in total. The van der Waals surface area contributed by atoms with Gasteiger partial charge in [0.05, 0.1) is 23.9 Å². The van der Waals surface area contributed by atoms with E-state index in [0.717, 1.165) is 37.9 Å². The smallest absolute Gasteiger partial charge is 0.255 e. The Hall–Kier alpha value is -2.40. The van der Waals surface area contributed by atoms with Crippen molar-refractivity contribution in [3.8, 4) is 5.75 Å². The highest BCUT2D eigenvalue weighted by molar-refractivity contribution is 5.97. The first-order valence-corrected chi connectivity index (χ1v) is 9.86. The topological polar surface area (TPSA) is 77.2 Å². The molecular weight excluding hydrogens is 338 g/mol. The van der Waals surface area contributed by atoms with Gasteiger partial charge in [-0.15, -0.1) is 0 Å². The number of benzene rings is 1. The number of aromatic nitrogens is 1. The van der Waals surface area contributed by atoms with Gasteiger partial charge in [0.2, 0.25) is 0 Å². The summed E-state index contributed by atoms with van der Waals surface area (Å²) in [5, 5.41) is 3.24. The van der Waals surface area contributed by atoms with E-state index in [1.54, 1.807) is 12.3 Å². The van der Waals surface area contributed by atoms with Crippen molar-refractivity contribution in [1.82, 2.24) is 10.3 Å². The molecular formula is C22H29N3O2. The van der Waals surface area contributed by atoms with Crippen molar-refractivity contribution < 1.29 is 9.53 Å². The minimum absolute atomic E-state index is 0.105. The van der Waals surface area contributed by atoms with Gasteiger partial charge < -0.3 is 15.8 Å². The molecule has 2 aromatic rings. The van der Waals surface area contributed by atoms with Crippen LogP contribution < -0.4 is 15.8 Å². The van der Waals surface area contributed by atoms with Gasteiger partial charge in [-0.1, -0.05) is 18.2 Å². The van der Waals surface area contributed by atoms with E-state index < -0.39 is 0 Å². The molecule has 0 saturated heterocycles. The van der Waals surface area contributed by atoms with Crippen molar-refractivity contribution in [2.75, 3.05) is 13.2 Å². The van der Waals surface area contributed by atoms with Crippen LogP contribution in [0, 0.1) is 11.8 Å². The number of nitrogens with zero attached hydrogens (tertiary/aromatic N) is 1. The summed E-state index contributed by atoms with van der Waals surface area (Å²) in [6.07, 6.45) is 6.10. The lowest BCUT2D eigenvalue weighted by atomic mass is 9.77. The summed E-state index contributed by atoms with van der Waals surface area (Å²) >= 11 is 0. The maximum atomic E-state index is 13.0. The van der Waals surface area contributed by atoms with Crippen molar-refractivity contribution in [3.63, 3.8) is 0 Å². The van der Waals surface area contributed by atoms with E-state index in [2.05, 4.69) is 10.3 Å². The van der Waals surface area contributed by atoms with E-state index >= 15 is 0 Å². The van der Waals surface area contributed by atoms with E-state index in [1.807, 2.05) is 43.3 Å². The standard InChI is InChI=1S/C22H29N3O2/c1-2-27-20-9-4-3-7-18(20)22(26)25-21(19-8-5-6-14-24-19)17-12-10-16(15-23)11-13-17/h3-9,14,16-17,21H,2,10-13,15,23H2,1H3,(H,25,26)/t16?,17?,21-/m0/s1. The molecule has 1 heterocycles. The van der Waals surface area contributed by atoms with Crippen molar-refractivity contribution in [2.45, 2.75) is 38.6 Å². The molecule has 5 nitrogen and oxygen atoms in total. The van der Waals surface area contributed by atoms with Crippen molar-refractivity contribution in [1.29, 1.82) is 0 Å². The van der Waals surface area contributed by atoms with E-state index in [9.17, 15) is 4.79 Å². The molecule has 1 aromatic heterocycles. The third-order valence-electron chi connectivity index (χ3n) is 5.42. The van der Waals surface area contributed by atoms with Gasteiger partial charge in [-0.25, -0.2) is 0 Å². The lowest BCUT2D eigenvalue weighted by molar-refractivity contribution is 0.0901. The summed E-state index contributed by atoms with van der Waals surface area (Å²) in [4.78, 5) is 17.6. The number of pyridine rings is 1. The Morgan fingerprint density at radius 3 is 2.59 bits per heavy atom. The Kier molecular flexibility index (Phi) is 6.82. The fourth-order valence-corrected chi connectivity index (χ4v) is 3.91. The normalized spacial score (nSPS) is 20.7. The van der Waals surface area contributed by atoms with Crippen LogP contribution in [0.2, 0.25) is 0 Å². The Bertz CT molecular complexity index is 727. The van der Waals surface area contributed by atoms with E-state index in [-0.39, 0.29) is 11.9 Å². The second-order valence-corrected chi connectivity index (χ2v) is 7.15. The largest absolute Gasteiger partial charge is 0.493 e. The Morgan fingerprint density at radius 1 is 1.19 bits per heavy atom. The summed E-state index contributed by atoms with van der Waals surface area (Å²) < 4.78 is 5.63. The minimum Gasteiger partial charge on any atom is -0.493 e. The maximum Gasteiger partial charge on any atom is 0.255 e. The molecule has 0 unspecified atom stereocenters. The van der Waals surface area contributed by atoms with Gasteiger partial charge in [0.15, 0.2) is 0 Å². The summed E-state index contributed by atoms with van der Waals surface area (Å²) in [7, 11) is 0. The number of hydrogen-bond donors (Lipinski definition) is 2. The van der Waals surface area contributed by atoms with Gasteiger partial charge in [-0.3, -0.25) is 9.78 Å². The van der Waals surface area contributed by atoms with Crippen molar-refractivity contribution in [3.05, 3.63) is 59.9 Å². The fourth-order valence-electron chi connectivity index (χ4n) is 3.91. The third-order valence-corrected chi connectivity index (χ3v) is 5.42. The average Bonchev–Trinajstić information content (AvgIpc) is 2.73. The number of hydrogen-bond acceptors (Lipinski definition) is 4. The zero-order chi connectivity index (χ0) is 19.1.